The van der Waals surface area contributed by atoms with Gasteiger partial charge in [-0.3, -0.25) is 14.2 Å². The van der Waals surface area contributed by atoms with Crippen LogP contribution in [-0.4, -0.2) is 15.0 Å². The molecule has 0 bridgehead atoms. The molecule has 152 valence electrons. The fourth-order valence-electron chi connectivity index (χ4n) is 3.16. The van der Waals surface area contributed by atoms with Gasteiger partial charge in [0.15, 0.2) is 0 Å². The molecule has 4 aromatic rings. The maximum Gasteiger partial charge on any atom is 0.336 e. The van der Waals surface area contributed by atoms with Gasteiger partial charge in [-0.05, 0) is 54.3 Å². The van der Waals surface area contributed by atoms with Crippen LogP contribution in [0.5, 0.6) is 0 Å². The first-order chi connectivity index (χ1) is 14.3. The van der Waals surface area contributed by atoms with Crippen LogP contribution >= 0.6 is 22.9 Å². The van der Waals surface area contributed by atoms with Crippen molar-refractivity contribution < 1.29 is 9.18 Å². The van der Waals surface area contributed by atoms with Crippen LogP contribution in [-0.2, 0) is 11.3 Å². The molecular formula is C21H15ClFN3O3S. The van der Waals surface area contributed by atoms with E-state index in [0.717, 1.165) is 16.2 Å². The Hall–Kier alpha value is -3.23. The molecule has 0 aliphatic rings. The Morgan fingerprint density at radius 1 is 1.17 bits per heavy atom. The SMILES string of the molecule is Cc1cccc(-n2c(=O)c3sccc3n(CC(=O)Nc3ccc(F)cc3Cl)c2=O)c1. The second-order valence-electron chi connectivity index (χ2n) is 6.66. The van der Waals surface area contributed by atoms with Gasteiger partial charge in [-0.15, -0.1) is 11.3 Å². The van der Waals surface area contributed by atoms with E-state index in [2.05, 4.69) is 5.32 Å². The third kappa shape index (κ3) is 3.67. The van der Waals surface area contributed by atoms with Gasteiger partial charge in [0, 0.05) is 0 Å². The van der Waals surface area contributed by atoms with Crippen molar-refractivity contribution in [1.82, 2.24) is 9.13 Å². The molecule has 0 radical (unpaired) electrons. The fraction of sp³-hybridized carbons (Fsp3) is 0.0952. The van der Waals surface area contributed by atoms with Crippen molar-refractivity contribution in [1.29, 1.82) is 0 Å². The van der Waals surface area contributed by atoms with Crippen molar-refractivity contribution in [3.8, 4) is 5.69 Å². The number of halogens is 2. The van der Waals surface area contributed by atoms with E-state index in [1.54, 1.807) is 29.6 Å². The van der Waals surface area contributed by atoms with Gasteiger partial charge >= 0.3 is 5.69 Å². The number of benzene rings is 2. The topological polar surface area (TPSA) is 73.1 Å². The average Bonchev–Trinajstić information content (AvgIpc) is 3.18. The third-order valence-corrected chi connectivity index (χ3v) is 5.73. The second kappa shape index (κ2) is 7.89. The maximum absolute atomic E-state index is 13.2. The lowest BCUT2D eigenvalue weighted by atomic mass is 10.2. The normalized spacial score (nSPS) is 11.0. The quantitative estimate of drug-likeness (QED) is 0.519. The van der Waals surface area contributed by atoms with Crippen molar-refractivity contribution in [2.24, 2.45) is 0 Å². The number of thiophene rings is 1. The summed E-state index contributed by atoms with van der Waals surface area (Å²) in [5, 5.41) is 4.31. The molecule has 4 rings (SSSR count). The number of amides is 1. The highest BCUT2D eigenvalue weighted by atomic mass is 35.5. The minimum absolute atomic E-state index is 0.0427. The van der Waals surface area contributed by atoms with E-state index < -0.39 is 23.0 Å². The van der Waals surface area contributed by atoms with E-state index in [4.69, 9.17) is 11.6 Å². The van der Waals surface area contributed by atoms with Crippen molar-refractivity contribution in [3.05, 3.63) is 91.2 Å². The van der Waals surface area contributed by atoms with Crippen LogP contribution in [0.25, 0.3) is 15.9 Å². The number of rotatable bonds is 4. The molecule has 30 heavy (non-hydrogen) atoms. The minimum Gasteiger partial charge on any atom is -0.323 e. The molecule has 2 aromatic heterocycles. The summed E-state index contributed by atoms with van der Waals surface area (Å²) >= 11 is 7.16. The Kier molecular flexibility index (Phi) is 5.27. The number of aryl methyl sites for hydroxylation is 1. The number of aromatic nitrogens is 2. The molecule has 0 unspecified atom stereocenters. The zero-order valence-corrected chi connectivity index (χ0v) is 17.3. The Labute approximate surface area is 178 Å². The lowest BCUT2D eigenvalue weighted by Crippen LogP contribution is -2.40. The number of nitrogens with one attached hydrogen (secondary N) is 1. The smallest absolute Gasteiger partial charge is 0.323 e. The molecule has 0 aliphatic heterocycles. The first-order valence-corrected chi connectivity index (χ1v) is 10.2. The molecule has 0 spiro atoms. The molecule has 0 saturated heterocycles. The van der Waals surface area contributed by atoms with Crippen LogP contribution < -0.4 is 16.6 Å². The van der Waals surface area contributed by atoms with Crippen LogP contribution in [0.1, 0.15) is 5.56 Å². The number of fused-ring (bicyclic) bond motifs is 1. The monoisotopic (exact) mass is 443 g/mol. The number of hydrogen-bond donors (Lipinski definition) is 1. The predicted molar refractivity (Wildman–Crippen MR) is 116 cm³/mol. The molecule has 9 heteroatoms. The van der Waals surface area contributed by atoms with Crippen LogP contribution in [0, 0.1) is 12.7 Å². The largest absolute Gasteiger partial charge is 0.336 e. The van der Waals surface area contributed by atoms with Crippen LogP contribution in [0.4, 0.5) is 10.1 Å². The lowest BCUT2D eigenvalue weighted by molar-refractivity contribution is -0.116. The summed E-state index contributed by atoms with van der Waals surface area (Å²) < 4.78 is 15.9. The van der Waals surface area contributed by atoms with Crippen molar-refractivity contribution in [3.63, 3.8) is 0 Å². The Bertz CT molecular complexity index is 1410. The number of nitrogens with zero attached hydrogens (tertiary/aromatic N) is 2. The molecule has 1 N–H and O–H groups in total. The average molecular weight is 444 g/mol. The van der Waals surface area contributed by atoms with Gasteiger partial charge in [-0.2, -0.15) is 0 Å². The summed E-state index contributed by atoms with van der Waals surface area (Å²) in [4.78, 5) is 38.7. The first-order valence-electron chi connectivity index (χ1n) is 8.90. The van der Waals surface area contributed by atoms with E-state index >= 15 is 0 Å². The van der Waals surface area contributed by atoms with Crippen molar-refractivity contribution >= 4 is 44.7 Å². The van der Waals surface area contributed by atoms with Crippen LogP contribution in [0.15, 0.2) is 63.5 Å². The summed E-state index contributed by atoms with van der Waals surface area (Å²) in [6, 6.07) is 12.2. The van der Waals surface area contributed by atoms with Crippen molar-refractivity contribution in [2.75, 3.05) is 5.32 Å². The standard InChI is InChI=1S/C21H15ClFN3O3S/c1-12-3-2-4-14(9-12)26-20(28)19-17(7-8-30-19)25(21(26)29)11-18(27)24-16-6-5-13(23)10-15(16)22/h2-10H,11H2,1H3,(H,24,27). The van der Waals surface area contributed by atoms with Crippen LogP contribution in [0.3, 0.4) is 0 Å². The molecule has 1 amide bonds. The maximum atomic E-state index is 13.2. The Morgan fingerprint density at radius 2 is 1.97 bits per heavy atom. The summed E-state index contributed by atoms with van der Waals surface area (Å²) in [6.07, 6.45) is 0. The Balaban J connectivity index is 1.79. The van der Waals surface area contributed by atoms with Crippen LogP contribution in [0.2, 0.25) is 5.02 Å². The van der Waals surface area contributed by atoms with E-state index in [1.807, 2.05) is 13.0 Å². The zero-order valence-electron chi connectivity index (χ0n) is 15.7. The fourth-order valence-corrected chi connectivity index (χ4v) is 4.20. The number of carbonyl (C=O) groups excluding carboxylic acids is 1. The highest BCUT2D eigenvalue weighted by molar-refractivity contribution is 7.17. The molecule has 0 atom stereocenters. The lowest BCUT2D eigenvalue weighted by Gasteiger charge is -2.13. The predicted octanol–water partition coefficient (Wildman–Crippen LogP) is 3.95. The summed E-state index contributed by atoms with van der Waals surface area (Å²) in [7, 11) is 0. The number of carbonyl (C=O) groups is 1. The van der Waals surface area contributed by atoms with Crippen molar-refractivity contribution in [2.45, 2.75) is 13.5 Å². The molecule has 0 saturated carbocycles. The van der Waals surface area contributed by atoms with E-state index in [9.17, 15) is 18.8 Å². The van der Waals surface area contributed by atoms with E-state index in [1.165, 1.54) is 28.0 Å². The molecule has 6 nitrogen and oxygen atoms in total. The van der Waals surface area contributed by atoms with Gasteiger partial charge in [0.1, 0.15) is 17.1 Å². The van der Waals surface area contributed by atoms with E-state index in [-0.39, 0.29) is 17.3 Å². The highest BCUT2D eigenvalue weighted by Gasteiger charge is 2.18. The number of hydrogen-bond acceptors (Lipinski definition) is 4. The third-order valence-electron chi connectivity index (χ3n) is 4.52. The summed E-state index contributed by atoms with van der Waals surface area (Å²) in [5.41, 5.74) is 0.853. The molecule has 0 fully saturated rings. The zero-order chi connectivity index (χ0) is 21.4. The van der Waals surface area contributed by atoms with Gasteiger partial charge in [0.25, 0.3) is 5.56 Å². The first kappa shape index (κ1) is 20.1. The van der Waals surface area contributed by atoms with Gasteiger partial charge in [0.2, 0.25) is 5.91 Å². The molecule has 0 aliphatic carbocycles. The number of anilines is 1. The molecule has 2 aromatic carbocycles. The Morgan fingerprint density at radius 3 is 2.70 bits per heavy atom. The van der Waals surface area contributed by atoms with Gasteiger partial charge < -0.3 is 5.32 Å². The van der Waals surface area contributed by atoms with Gasteiger partial charge in [-0.25, -0.2) is 13.8 Å². The summed E-state index contributed by atoms with van der Waals surface area (Å²) in [6.45, 7) is 1.52. The highest BCUT2D eigenvalue weighted by Crippen LogP contribution is 2.22. The van der Waals surface area contributed by atoms with Gasteiger partial charge in [0.05, 0.1) is 21.9 Å². The molecular weight excluding hydrogens is 429 g/mol. The van der Waals surface area contributed by atoms with E-state index in [0.29, 0.717) is 15.9 Å². The second-order valence-corrected chi connectivity index (χ2v) is 7.98. The molecule has 2 heterocycles. The van der Waals surface area contributed by atoms with Gasteiger partial charge in [-0.1, -0.05) is 23.7 Å². The minimum atomic E-state index is -0.628. The summed E-state index contributed by atoms with van der Waals surface area (Å²) in [5.74, 6) is -1.06.